The zero-order valence-corrected chi connectivity index (χ0v) is 17.4. The number of aromatic nitrogens is 1. The van der Waals surface area contributed by atoms with Crippen LogP contribution >= 0.6 is 11.6 Å². The maximum Gasteiger partial charge on any atom is 0.317 e. The largest absolute Gasteiger partial charge is 0.495 e. The number of anilines is 1. The molecule has 12 heteroatoms. The van der Waals surface area contributed by atoms with Crippen LogP contribution in [0.25, 0.3) is 0 Å². The van der Waals surface area contributed by atoms with Gasteiger partial charge in [-0.05, 0) is 29.8 Å². The summed E-state index contributed by atoms with van der Waals surface area (Å²) in [5.74, 6) is 0.125. The number of methoxy groups -OCH3 is 1. The van der Waals surface area contributed by atoms with Gasteiger partial charge in [-0.3, -0.25) is 9.71 Å². The van der Waals surface area contributed by atoms with E-state index in [0.29, 0.717) is 24.2 Å². The van der Waals surface area contributed by atoms with Crippen molar-refractivity contribution in [3.05, 3.63) is 46.7 Å². The molecule has 2 aromatic rings. The summed E-state index contributed by atoms with van der Waals surface area (Å²) < 4.78 is 57.7. The van der Waals surface area contributed by atoms with Gasteiger partial charge < -0.3 is 15.0 Å². The Bertz CT molecular complexity index is 1050. The van der Waals surface area contributed by atoms with Crippen LogP contribution in [0.15, 0.2) is 35.4 Å². The van der Waals surface area contributed by atoms with Gasteiger partial charge in [-0.25, -0.2) is 22.0 Å². The normalized spacial score (nSPS) is 13.7. The highest BCUT2D eigenvalue weighted by Gasteiger charge is 2.24. The first kappa shape index (κ1) is 22.0. The molecule has 30 heavy (non-hydrogen) atoms. The summed E-state index contributed by atoms with van der Waals surface area (Å²) in [7, 11) is -2.69. The smallest absolute Gasteiger partial charge is 0.317 e. The van der Waals surface area contributed by atoms with E-state index >= 15 is 0 Å². The highest BCUT2D eigenvalue weighted by molar-refractivity contribution is 7.92. The van der Waals surface area contributed by atoms with Gasteiger partial charge in [0, 0.05) is 30.2 Å². The molecule has 3 rings (SSSR count). The second kappa shape index (κ2) is 9.00. The number of amides is 2. The van der Waals surface area contributed by atoms with Gasteiger partial charge in [0.1, 0.15) is 10.6 Å². The van der Waals surface area contributed by atoms with Crippen LogP contribution in [0.4, 0.5) is 19.3 Å². The molecular formula is C18H19ClF2N4O4S. The Kier molecular flexibility index (Phi) is 6.61. The number of urea groups is 1. The molecule has 2 N–H and O–H groups in total. The second-order valence-corrected chi connectivity index (χ2v) is 8.57. The molecule has 0 fully saturated rings. The molecule has 0 spiro atoms. The topological polar surface area (TPSA) is 101 Å². The molecule has 8 nitrogen and oxygen atoms in total. The number of pyridine rings is 1. The lowest BCUT2D eigenvalue weighted by atomic mass is 10.1. The van der Waals surface area contributed by atoms with Gasteiger partial charge in [0.05, 0.1) is 25.5 Å². The number of alkyl halides is 2. The lowest BCUT2D eigenvalue weighted by Gasteiger charge is -2.28. The van der Waals surface area contributed by atoms with Crippen molar-refractivity contribution < 1.29 is 26.7 Å². The molecule has 0 radical (unpaired) electrons. The molecule has 1 aromatic heterocycles. The molecule has 0 unspecified atom stereocenters. The van der Waals surface area contributed by atoms with Gasteiger partial charge in [0.2, 0.25) is 0 Å². The molecule has 162 valence electrons. The minimum absolute atomic E-state index is 0.119. The maximum atomic E-state index is 12.8. The van der Waals surface area contributed by atoms with E-state index in [0.717, 1.165) is 0 Å². The van der Waals surface area contributed by atoms with Crippen molar-refractivity contribution in [1.29, 1.82) is 0 Å². The minimum Gasteiger partial charge on any atom is -0.495 e. The number of sulfonamides is 1. The van der Waals surface area contributed by atoms with E-state index in [9.17, 15) is 22.0 Å². The van der Waals surface area contributed by atoms with Gasteiger partial charge >= 0.3 is 6.03 Å². The quantitative estimate of drug-likeness (QED) is 0.690. The SMILES string of the molecule is COc1ccc(Cl)cc1S(=O)(=O)Nc1cnc2c(c1)CN(C(=O)NCC(F)F)CC2. The number of carbonyl (C=O) groups excluding carboxylic acids is 1. The molecule has 1 aliphatic heterocycles. The van der Waals surface area contributed by atoms with Crippen LogP contribution in [-0.2, 0) is 23.0 Å². The lowest BCUT2D eigenvalue weighted by Crippen LogP contribution is -2.44. The Morgan fingerprint density at radius 3 is 2.83 bits per heavy atom. The van der Waals surface area contributed by atoms with Crippen LogP contribution in [0.5, 0.6) is 5.75 Å². The summed E-state index contributed by atoms with van der Waals surface area (Å²) in [5, 5.41) is 2.38. The third-order valence-electron chi connectivity index (χ3n) is 4.40. The first-order valence-electron chi connectivity index (χ1n) is 8.84. The fraction of sp³-hybridized carbons (Fsp3) is 0.333. The van der Waals surface area contributed by atoms with E-state index in [-0.39, 0.29) is 27.9 Å². The zero-order chi connectivity index (χ0) is 21.9. The van der Waals surface area contributed by atoms with Crippen LogP contribution < -0.4 is 14.8 Å². The van der Waals surface area contributed by atoms with Gasteiger partial charge in [-0.2, -0.15) is 0 Å². The van der Waals surface area contributed by atoms with Crippen molar-refractivity contribution in [1.82, 2.24) is 15.2 Å². The van der Waals surface area contributed by atoms with Gasteiger partial charge in [-0.1, -0.05) is 11.6 Å². The van der Waals surface area contributed by atoms with E-state index in [4.69, 9.17) is 16.3 Å². The Labute approximate surface area is 177 Å². The van der Waals surface area contributed by atoms with Crippen molar-refractivity contribution >= 4 is 33.3 Å². The van der Waals surface area contributed by atoms with Gasteiger partial charge in [0.15, 0.2) is 0 Å². The van der Waals surface area contributed by atoms with E-state index in [2.05, 4.69) is 15.0 Å². The highest BCUT2D eigenvalue weighted by atomic mass is 35.5. The van der Waals surface area contributed by atoms with E-state index in [1.807, 2.05) is 0 Å². The number of hydrogen-bond donors (Lipinski definition) is 2. The third-order valence-corrected chi connectivity index (χ3v) is 6.04. The maximum absolute atomic E-state index is 12.8. The monoisotopic (exact) mass is 460 g/mol. The fourth-order valence-corrected chi connectivity index (χ4v) is 4.47. The number of ether oxygens (including phenoxy) is 1. The number of nitrogens with zero attached hydrogens (tertiary/aromatic N) is 2. The van der Waals surface area contributed by atoms with Gasteiger partial charge in [-0.15, -0.1) is 0 Å². The Balaban J connectivity index is 1.79. The summed E-state index contributed by atoms with van der Waals surface area (Å²) in [6.45, 7) is -0.297. The Morgan fingerprint density at radius 1 is 1.37 bits per heavy atom. The molecule has 2 amide bonds. The molecule has 0 aliphatic carbocycles. The molecule has 1 aliphatic rings. The summed E-state index contributed by atoms with van der Waals surface area (Å²) >= 11 is 5.92. The highest BCUT2D eigenvalue weighted by Crippen LogP contribution is 2.29. The average molecular weight is 461 g/mol. The van der Waals surface area contributed by atoms with E-state index in [1.54, 1.807) is 6.07 Å². The zero-order valence-electron chi connectivity index (χ0n) is 15.9. The molecule has 1 aromatic carbocycles. The number of halogens is 3. The predicted molar refractivity (Wildman–Crippen MR) is 107 cm³/mol. The summed E-state index contributed by atoms with van der Waals surface area (Å²) in [6, 6.07) is 5.16. The molecule has 0 bridgehead atoms. The fourth-order valence-electron chi connectivity index (χ4n) is 3.00. The summed E-state index contributed by atoms with van der Waals surface area (Å²) in [4.78, 5) is 17.5. The molecule has 2 heterocycles. The minimum atomic E-state index is -4.03. The average Bonchev–Trinajstić information content (AvgIpc) is 2.71. The van der Waals surface area contributed by atoms with Crippen molar-refractivity contribution in [2.75, 3.05) is 24.9 Å². The van der Waals surface area contributed by atoms with Crippen molar-refractivity contribution in [3.63, 3.8) is 0 Å². The molecular weight excluding hydrogens is 442 g/mol. The van der Waals surface area contributed by atoms with Crippen LogP contribution in [0.1, 0.15) is 11.3 Å². The number of rotatable bonds is 6. The second-order valence-electron chi connectivity index (χ2n) is 6.48. The first-order valence-corrected chi connectivity index (χ1v) is 10.7. The van der Waals surface area contributed by atoms with Crippen molar-refractivity contribution in [2.24, 2.45) is 0 Å². The summed E-state index contributed by atoms with van der Waals surface area (Å²) in [5.41, 5.74) is 1.51. The number of hydrogen-bond acceptors (Lipinski definition) is 5. The van der Waals surface area contributed by atoms with Gasteiger partial charge in [0.25, 0.3) is 16.4 Å². The third kappa shape index (κ3) is 5.08. The van der Waals surface area contributed by atoms with E-state index in [1.165, 1.54) is 36.4 Å². The standard InChI is InChI=1S/C18H19ClF2N4O4S/c1-29-15-3-2-12(19)7-16(15)30(27,28)24-13-6-11-10-25(5-4-14(11)22-8-13)18(26)23-9-17(20)21/h2-3,6-8,17,24H,4-5,9-10H2,1H3,(H,23,26). The molecule has 0 atom stereocenters. The number of benzene rings is 1. The van der Waals surface area contributed by atoms with Crippen LogP contribution in [-0.4, -0.2) is 51.0 Å². The van der Waals surface area contributed by atoms with E-state index < -0.39 is 29.0 Å². The lowest BCUT2D eigenvalue weighted by molar-refractivity contribution is 0.138. The number of fused-ring (bicyclic) bond motifs is 1. The first-order chi connectivity index (χ1) is 14.2. The molecule has 0 saturated carbocycles. The van der Waals surface area contributed by atoms with Crippen LogP contribution in [0.3, 0.4) is 0 Å². The van der Waals surface area contributed by atoms with Crippen LogP contribution in [0.2, 0.25) is 5.02 Å². The number of carbonyl (C=O) groups is 1. The number of nitrogens with one attached hydrogen (secondary N) is 2. The van der Waals surface area contributed by atoms with Crippen molar-refractivity contribution in [2.45, 2.75) is 24.3 Å². The predicted octanol–water partition coefficient (Wildman–Crippen LogP) is 2.88. The van der Waals surface area contributed by atoms with Crippen molar-refractivity contribution in [3.8, 4) is 5.75 Å². The summed E-state index contributed by atoms with van der Waals surface area (Å²) in [6.07, 6.45) is -0.843. The Morgan fingerprint density at radius 2 is 2.13 bits per heavy atom. The molecule has 0 saturated heterocycles. The van der Waals surface area contributed by atoms with Crippen LogP contribution in [0, 0.1) is 0 Å². The Hall–Kier alpha value is -2.66.